The number of methoxy groups -OCH3 is 1. The Labute approximate surface area is 125 Å². The number of hydrogen-bond donors (Lipinski definition) is 0. The Hall–Kier alpha value is -2.89. The minimum absolute atomic E-state index is 0.153. The summed E-state index contributed by atoms with van der Waals surface area (Å²) in [6.45, 7) is 1.94. The van der Waals surface area contributed by atoms with Crippen molar-refractivity contribution in [2.75, 3.05) is 13.7 Å². The standard InChI is InChI=1S/C16H14N2O4/c1-3-22-16(20)13-14(21-2)10-6-4-5-7-11(10)18-12(19)8-9-17-15(13)18/h4-9H,3H2,1-2H3. The quantitative estimate of drug-likeness (QED) is 0.546. The molecule has 0 aliphatic carbocycles. The van der Waals surface area contributed by atoms with Crippen LogP contribution in [0.25, 0.3) is 16.6 Å². The lowest BCUT2D eigenvalue weighted by Gasteiger charge is -2.14. The topological polar surface area (TPSA) is 69.9 Å². The fourth-order valence-electron chi connectivity index (χ4n) is 2.51. The fraction of sp³-hybridized carbons (Fsp3) is 0.188. The maximum atomic E-state index is 12.3. The lowest BCUT2D eigenvalue weighted by atomic mass is 10.1. The van der Waals surface area contributed by atoms with E-state index in [9.17, 15) is 9.59 Å². The Morgan fingerprint density at radius 1 is 1.27 bits per heavy atom. The minimum Gasteiger partial charge on any atom is -0.495 e. The molecule has 0 fully saturated rings. The molecule has 112 valence electrons. The highest BCUT2D eigenvalue weighted by Gasteiger charge is 2.23. The van der Waals surface area contributed by atoms with Gasteiger partial charge >= 0.3 is 5.97 Å². The lowest BCUT2D eigenvalue weighted by Crippen LogP contribution is -2.19. The molecule has 0 aliphatic heterocycles. The SMILES string of the molecule is CCOC(=O)c1c(OC)c2ccccc2n2c(=O)ccnc12. The van der Waals surface area contributed by atoms with Crippen LogP contribution in [0.15, 0.2) is 41.3 Å². The van der Waals surface area contributed by atoms with E-state index in [0.29, 0.717) is 16.7 Å². The van der Waals surface area contributed by atoms with Gasteiger partial charge in [-0.05, 0) is 19.1 Å². The monoisotopic (exact) mass is 298 g/mol. The van der Waals surface area contributed by atoms with Crippen LogP contribution in [-0.4, -0.2) is 29.1 Å². The van der Waals surface area contributed by atoms with E-state index in [1.165, 1.54) is 23.8 Å². The van der Waals surface area contributed by atoms with Crippen molar-refractivity contribution in [3.63, 3.8) is 0 Å². The Balaban J connectivity index is 2.58. The second-order valence-electron chi connectivity index (χ2n) is 4.59. The van der Waals surface area contributed by atoms with Gasteiger partial charge in [0.05, 0.1) is 19.2 Å². The van der Waals surface area contributed by atoms with Crippen molar-refractivity contribution in [2.45, 2.75) is 6.92 Å². The van der Waals surface area contributed by atoms with Crippen molar-refractivity contribution < 1.29 is 14.3 Å². The van der Waals surface area contributed by atoms with Crippen LogP contribution in [0.4, 0.5) is 0 Å². The maximum absolute atomic E-state index is 12.3. The summed E-state index contributed by atoms with van der Waals surface area (Å²) < 4.78 is 11.9. The van der Waals surface area contributed by atoms with Crippen LogP contribution in [0.3, 0.4) is 0 Å². The molecular weight excluding hydrogens is 284 g/mol. The number of hydrogen-bond acceptors (Lipinski definition) is 5. The van der Waals surface area contributed by atoms with Crippen LogP contribution >= 0.6 is 0 Å². The maximum Gasteiger partial charge on any atom is 0.345 e. The molecule has 0 saturated carbocycles. The number of esters is 1. The van der Waals surface area contributed by atoms with Crippen LogP contribution in [-0.2, 0) is 4.74 Å². The largest absolute Gasteiger partial charge is 0.495 e. The van der Waals surface area contributed by atoms with Crippen molar-refractivity contribution in [3.8, 4) is 5.75 Å². The third-order valence-electron chi connectivity index (χ3n) is 3.37. The molecule has 3 aromatic rings. The summed E-state index contributed by atoms with van der Waals surface area (Å²) in [5, 5.41) is 0.649. The first-order valence-electron chi connectivity index (χ1n) is 6.82. The molecule has 6 nitrogen and oxygen atoms in total. The van der Waals surface area contributed by atoms with E-state index in [2.05, 4.69) is 4.98 Å². The average molecular weight is 298 g/mol. The number of fused-ring (bicyclic) bond motifs is 3. The van der Waals surface area contributed by atoms with E-state index in [0.717, 1.165) is 0 Å². The van der Waals surface area contributed by atoms with Crippen LogP contribution in [0.1, 0.15) is 17.3 Å². The summed E-state index contributed by atoms with van der Waals surface area (Å²) in [4.78, 5) is 28.8. The van der Waals surface area contributed by atoms with Crippen LogP contribution in [0.5, 0.6) is 5.75 Å². The molecule has 0 atom stereocenters. The number of ether oxygens (including phenoxy) is 2. The van der Waals surface area contributed by atoms with E-state index in [4.69, 9.17) is 9.47 Å². The Morgan fingerprint density at radius 2 is 2.05 bits per heavy atom. The van der Waals surface area contributed by atoms with Gasteiger partial charge in [0, 0.05) is 17.6 Å². The van der Waals surface area contributed by atoms with Crippen LogP contribution in [0.2, 0.25) is 0 Å². The number of rotatable bonds is 3. The van der Waals surface area contributed by atoms with Crippen LogP contribution in [0, 0.1) is 0 Å². The zero-order chi connectivity index (χ0) is 15.7. The predicted molar refractivity (Wildman–Crippen MR) is 81.5 cm³/mol. The molecule has 0 aliphatic rings. The van der Waals surface area contributed by atoms with Gasteiger partial charge in [0.25, 0.3) is 5.56 Å². The molecule has 0 radical (unpaired) electrons. The number of pyridine rings is 1. The van der Waals surface area contributed by atoms with Gasteiger partial charge in [-0.2, -0.15) is 0 Å². The highest BCUT2D eigenvalue weighted by atomic mass is 16.5. The molecule has 0 unspecified atom stereocenters. The Bertz CT molecular complexity index is 930. The summed E-state index contributed by atoms with van der Waals surface area (Å²) in [5.41, 5.74) is 0.733. The Kier molecular flexibility index (Phi) is 3.50. The van der Waals surface area contributed by atoms with Gasteiger partial charge < -0.3 is 9.47 Å². The van der Waals surface area contributed by atoms with Gasteiger partial charge in [-0.15, -0.1) is 0 Å². The van der Waals surface area contributed by atoms with Gasteiger partial charge in [0.2, 0.25) is 0 Å². The van der Waals surface area contributed by atoms with Gasteiger partial charge in [-0.3, -0.25) is 9.20 Å². The molecule has 0 amide bonds. The number of nitrogens with zero attached hydrogens (tertiary/aromatic N) is 2. The van der Waals surface area contributed by atoms with Gasteiger partial charge in [0.15, 0.2) is 5.65 Å². The van der Waals surface area contributed by atoms with Crippen molar-refractivity contribution in [1.82, 2.24) is 9.38 Å². The van der Waals surface area contributed by atoms with Gasteiger partial charge in [-0.25, -0.2) is 9.78 Å². The van der Waals surface area contributed by atoms with Crippen molar-refractivity contribution in [1.29, 1.82) is 0 Å². The third-order valence-corrected chi connectivity index (χ3v) is 3.37. The minimum atomic E-state index is -0.569. The second-order valence-corrected chi connectivity index (χ2v) is 4.59. The van der Waals surface area contributed by atoms with Crippen molar-refractivity contribution >= 4 is 22.5 Å². The highest BCUT2D eigenvalue weighted by molar-refractivity contribution is 6.05. The predicted octanol–water partition coefficient (Wildman–Crippen LogP) is 2.03. The lowest BCUT2D eigenvalue weighted by molar-refractivity contribution is 0.0524. The first kappa shape index (κ1) is 14.1. The highest BCUT2D eigenvalue weighted by Crippen LogP contribution is 2.32. The Morgan fingerprint density at radius 3 is 2.77 bits per heavy atom. The summed E-state index contributed by atoms with van der Waals surface area (Å²) in [7, 11) is 1.47. The number of carbonyl (C=O) groups excluding carboxylic acids is 1. The molecular formula is C16H14N2O4. The van der Waals surface area contributed by atoms with Crippen LogP contribution < -0.4 is 10.3 Å². The number of benzene rings is 1. The zero-order valence-electron chi connectivity index (χ0n) is 12.2. The summed E-state index contributed by atoms with van der Waals surface area (Å²) >= 11 is 0. The molecule has 6 heteroatoms. The molecule has 0 bridgehead atoms. The van der Waals surface area contributed by atoms with E-state index in [1.54, 1.807) is 19.1 Å². The normalized spacial score (nSPS) is 10.8. The van der Waals surface area contributed by atoms with Gasteiger partial charge in [0.1, 0.15) is 11.3 Å². The molecule has 2 heterocycles. The average Bonchev–Trinajstić information content (AvgIpc) is 2.53. The molecule has 0 spiro atoms. The number of aromatic nitrogens is 2. The number of para-hydroxylation sites is 1. The van der Waals surface area contributed by atoms with Crippen molar-refractivity contribution in [2.24, 2.45) is 0 Å². The molecule has 0 N–H and O–H groups in total. The third kappa shape index (κ3) is 2.00. The van der Waals surface area contributed by atoms with E-state index < -0.39 is 5.97 Å². The zero-order valence-corrected chi connectivity index (χ0v) is 12.2. The summed E-state index contributed by atoms with van der Waals surface area (Å²) in [5.74, 6) is -0.215. The van der Waals surface area contributed by atoms with Gasteiger partial charge in [-0.1, -0.05) is 12.1 Å². The molecule has 1 aromatic carbocycles. The van der Waals surface area contributed by atoms with E-state index >= 15 is 0 Å². The smallest absolute Gasteiger partial charge is 0.345 e. The first-order valence-corrected chi connectivity index (χ1v) is 6.82. The molecule has 3 rings (SSSR count). The van der Waals surface area contributed by atoms with E-state index in [1.807, 2.05) is 12.1 Å². The summed E-state index contributed by atoms with van der Waals surface area (Å²) in [6, 6.07) is 8.54. The molecule has 22 heavy (non-hydrogen) atoms. The first-order chi connectivity index (χ1) is 10.7. The molecule has 2 aromatic heterocycles. The van der Waals surface area contributed by atoms with E-state index in [-0.39, 0.29) is 23.4 Å². The fourth-order valence-corrected chi connectivity index (χ4v) is 2.51. The number of carbonyl (C=O) groups is 1. The van der Waals surface area contributed by atoms with Crippen molar-refractivity contribution in [3.05, 3.63) is 52.4 Å². The second kappa shape index (κ2) is 5.48. The summed E-state index contributed by atoms with van der Waals surface area (Å²) in [6.07, 6.45) is 1.37. The molecule has 0 saturated heterocycles.